The molecule has 1 aromatic rings. The number of hydrogen-bond acceptors (Lipinski definition) is 4. The summed E-state index contributed by atoms with van der Waals surface area (Å²) in [5.74, 6) is 0. The molecule has 0 aliphatic carbocycles. The lowest BCUT2D eigenvalue weighted by Crippen LogP contribution is -2.47. The summed E-state index contributed by atoms with van der Waals surface area (Å²) in [6.07, 6.45) is 1.41. The van der Waals surface area contributed by atoms with Crippen LogP contribution in [0.2, 0.25) is 0 Å². The number of rotatable bonds is 5. The van der Waals surface area contributed by atoms with Crippen molar-refractivity contribution < 1.29 is 4.74 Å². The number of aryl methyl sites for hydroxylation is 1. The van der Waals surface area contributed by atoms with E-state index in [-0.39, 0.29) is 6.10 Å². The summed E-state index contributed by atoms with van der Waals surface area (Å²) < 4.78 is 7.21. The molecule has 1 fully saturated rings. The zero-order valence-corrected chi connectivity index (χ0v) is 14.3. The third-order valence-electron chi connectivity index (χ3n) is 3.54. The topological polar surface area (TPSA) is 24.5 Å². The number of halogens is 1. The zero-order valence-electron chi connectivity index (χ0n) is 11.9. The predicted octanol–water partition coefficient (Wildman–Crippen LogP) is 3.19. The molecule has 0 aromatic carbocycles. The fourth-order valence-electron chi connectivity index (χ4n) is 2.48. The van der Waals surface area contributed by atoms with Crippen LogP contribution in [-0.2, 0) is 4.74 Å². The lowest BCUT2D eigenvalue weighted by molar-refractivity contribution is -0.0601. The first-order chi connectivity index (χ1) is 9.13. The van der Waals surface area contributed by atoms with E-state index in [1.54, 1.807) is 0 Å². The molecule has 2 rings (SSSR count). The second-order valence-electron chi connectivity index (χ2n) is 5.09. The molecule has 19 heavy (non-hydrogen) atoms. The molecule has 0 radical (unpaired) electrons. The van der Waals surface area contributed by atoms with Crippen molar-refractivity contribution in [3.05, 3.63) is 20.3 Å². The average Bonchev–Trinajstić information content (AvgIpc) is 2.69. The molecule has 2 unspecified atom stereocenters. The standard InChI is InChI=1S/C14H23BrN2OS/c1-4-5-16-9-12-14(17(3)6-7-18-12)13-8-11(15)10(2)19-13/h8,12,14,16H,4-7,9H2,1-3H3. The van der Waals surface area contributed by atoms with Gasteiger partial charge in [0, 0.05) is 27.3 Å². The summed E-state index contributed by atoms with van der Waals surface area (Å²) in [6.45, 7) is 8.17. The van der Waals surface area contributed by atoms with E-state index >= 15 is 0 Å². The van der Waals surface area contributed by atoms with E-state index in [0.717, 1.165) is 32.7 Å². The SMILES string of the molecule is CCCNCC1OCCN(C)C1c1cc(Br)c(C)s1. The molecule has 0 saturated carbocycles. The Morgan fingerprint density at radius 2 is 2.37 bits per heavy atom. The average molecular weight is 347 g/mol. The van der Waals surface area contributed by atoms with Crippen LogP contribution >= 0.6 is 27.3 Å². The van der Waals surface area contributed by atoms with Crippen LogP contribution < -0.4 is 5.32 Å². The Balaban J connectivity index is 2.11. The van der Waals surface area contributed by atoms with Crippen molar-refractivity contribution in [3.8, 4) is 0 Å². The highest BCUT2D eigenvalue weighted by atomic mass is 79.9. The molecule has 1 saturated heterocycles. The number of thiophene rings is 1. The number of likely N-dealkylation sites (N-methyl/N-ethyl adjacent to an activating group) is 1. The normalized spacial score (nSPS) is 24.8. The summed E-state index contributed by atoms with van der Waals surface area (Å²) in [7, 11) is 2.20. The van der Waals surface area contributed by atoms with Crippen molar-refractivity contribution in [2.24, 2.45) is 0 Å². The molecule has 1 aliphatic heterocycles. The highest BCUT2D eigenvalue weighted by molar-refractivity contribution is 9.10. The van der Waals surface area contributed by atoms with Gasteiger partial charge in [-0.25, -0.2) is 0 Å². The number of hydrogen-bond donors (Lipinski definition) is 1. The highest BCUT2D eigenvalue weighted by Crippen LogP contribution is 2.36. The molecule has 1 N–H and O–H groups in total. The van der Waals surface area contributed by atoms with Crippen LogP contribution in [0.25, 0.3) is 0 Å². The Morgan fingerprint density at radius 3 is 3.00 bits per heavy atom. The van der Waals surface area contributed by atoms with E-state index in [4.69, 9.17) is 4.74 Å². The minimum absolute atomic E-state index is 0.246. The first kappa shape index (κ1) is 15.4. The Labute approximate surface area is 128 Å². The van der Waals surface area contributed by atoms with Gasteiger partial charge < -0.3 is 10.1 Å². The van der Waals surface area contributed by atoms with Crippen molar-refractivity contribution in [1.82, 2.24) is 10.2 Å². The number of nitrogens with zero attached hydrogens (tertiary/aromatic N) is 1. The van der Waals surface area contributed by atoms with Gasteiger partial charge in [0.15, 0.2) is 0 Å². The van der Waals surface area contributed by atoms with Crippen molar-refractivity contribution in [2.45, 2.75) is 32.4 Å². The lowest BCUT2D eigenvalue weighted by atomic mass is 10.1. The summed E-state index contributed by atoms with van der Waals surface area (Å²) in [5, 5.41) is 3.49. The Hall–Kier alpha value is 0.0600. The van der Waals surface area contributed by atoms with Gasteiger partial charge in [0.1, 0.15) is 0 Å². The molecule has 0 spiro atoms. The molecule has 3 nitrogen and oxygen atoms in total. The van der Waals surface area contributed by atoms with Crippen molar-refractivity contribution in [3.63, 3.8) is 0 Å². The Bertz CT molecular complexity index is 391. The number of ether oxygens (including phenoxy) is 1. The largest absolute Gasteiger partial charge is 0.374 e. The summed E-state index contributed by atoms with van der Waals surface area (Å²) in [6, 6.07) is 2.62. The Morgan fingerprint density at radius 1 is 1.58 bits per heavy atom. The van der Waals surface area contributed by atoms with Crippen molar-refractivity contribution in [1.29, 1.82) is 0 Å². The molecule has 1 aliphatic rings. The maximum atomic E-state index is 6.00. The van der Waals surface area contributed by atoms with Crippen molar-refractivity contribution in [2.75, 3.05) is 33.3 Å². The third-order valence-corrected chi connectivity index (χ3v) is 5.75. The minimum atomic E-state index is 0.246. The zero-order chi connectivity index (χ0) is 13.8. The number of nitrogens with one attached hydrogen (secondary N) is 1. The van der Waals surface area contributed by atoms with Crippen molar-refractivity contribution >= 4 is 27.3 Å². The van der Waals surface area contributed by atoms with Crippen LogP contribution in [0, 0.1) is 6.92 Å². The van der Waals surface area contributed by atoms with Crippen LogP contribution in [-0.4, -0.2) is 44.3 Å². The first-order valence-corrected chi connectivity index (χ1v) is 8.52. The Kier molecular flexibility index (Phi) is 5.84. The fourth-order valence-corrected chi connectivity index (χ4v) is 4.26. The third kappa shape index (κ3) is 3.79. The van der Waals surface area contributed by atoms with Gasteiger partial charge in [-0.3, -0.25) is 4.90 Å². The van der Waals surface area contributed by atoms with Gasteiger partial charge in [0.05, 0.1) is 18.8 Å². The smallest absolute Gasteiger partial charge is 0.0904 e. The molecule has 108 valence electrons. The number of morpholine rings is 1. The molecule has 2 atom stereocenters. The van der Waals surface area contributed by atoms with E-state index in [0.29, 0.717) is 6.04 Å². The molecular weight excluding hydrogens is 324 g/mol. The summed E-state index contributed by atoms with van der Waals surface area (Å²) in [5.41, 5.74) is 0. The van der Waals surface area contributed by atoms with E-state index < -0.39 is 0 Å². The molecule has 1 aromatic heterocycles. The first-order valence-electron chi connectivity index (χ1n) is 6.92. The maximum absolute atomic E-state index is 6.00. The maximum Gasteiger partial charge on any atom is 0.0904 e. The fraction of sp³-hybridized carbons (Fsp3) is 0.714. The van der Waals surface area contributed by atoms with Gasteiger partial charge in [-0.1, -0.05) is 6.92 Å². The molecule has 5 heteroatoms. The van der Waals surface area contributed by atoms with E-state index in [1.165, 1.54) is 14.2 Å². The second-order valence-corrected chi connectivity index (χ2v) is 7.23. The van der Waals surface area contributed by atoms with E-state index in [9.17, 15) is 0 Å². The molecule has 0 amide bonds. The van der Waals surface area contributed by atoms with Gasteiger partial charge in [0.25, 0.3) is 0 Å². The quantitative estimate of drug-likeness (QED) is 0.828. The van der Waals surface area contributed by atoms with Crippen LogP contribution in [0.15, 0.2) is 10.5 Å². The van der Waals surface area contributed by atoms with E-state index in [2.05, 4.69) is 53.1 Å². The van der Waals surface area contributed by atoms with Crippen LogP contribution in [0.1, 0.15) is 29.1 Å². The molecule has 2 heterocycles. The van der Waals surface area contributed by atoms with Crippen LogP contribution in [0.4, 0.5) is 0 Å². The van der Waals surface area contributed by atoms with Gasteiger partial charge in [-0.15, -0.1) is 11.3 Å². The van der Waals surface area contributed by atoms with E-state index in [1.807, 2.05) is 11.3 Å². The predicted molar refractivity (Wildman–Crippen MR) is 85.0 cm³/mol. The minimum Gasteiger partial charge on any atom is -0.374 e. The van der Waals surface area contributed by atoms with Gasteiger partial charge in [0.2, 0.25) is 0 Å². The summed E-state index contributed by atoms with van der Waals surface area (Å²) in [4.78, 5) is 5.16. The lowest BCUT2D eigenvalue weighted by Gasteiger charge is -2.38. The highest BCUT2D eigenvalue weighted by Gasteiger charge is 2.32. The van der Waals surface area contributed by atoms with Gasteiger partial charge >= 0.3 is 0 Å². The molecular formula is C14H23BrN2OS. The van der Waals surface area contributed by atoms with Gasteiger partial charge in [-0.2, -0.15) is 0 Å². The van der Waals surface area contributed by atoms with Crippen LogP contribution in [0.5, 0.6) is 0 Å². The van der Waals surface area contributed by atoms with Crippen LogP contribution in [0.3, 0.4) is 0 Å². The monoisotopic (exact) mass is 346 g/mol. The molecule has 0 bridgehead atoms. The second kappa shape index (κ2) is 7.18. The summed E-state index contributed by atoms with van der Waals surface area (Å²) >= 11 is 5.49. The van der Waals surface area contributed by atoms with Gasteiger partial charge in [-0.05, 0) is 48.9 Å².